The SMILES string of the molecule is CCCCCC1CC(C)=CC(O)C1. The van der Waals surface area contributed by atoms with Crippen molar-refractivity contribution in [3.05, 3.63) is 11.6 Å². The lowest BCUT2D eigenvalue weighted by molar-refractivity contribution is 0.171. The Balaban J connectivity index is 2.24. The monoisotopic (exact) mass is 182 g/mol. The fourth-order valence-electron chi connectivity index (χ4n) is 2.25. The molecule has 2 atom stereocenters. The van der Waals surface area contributed by atoms with Crippen LogP contribution in [0, 0.1) is 5.92 Å². The molecule has 0 heterocycles. The highest BCUT2D eigenvalue weighted by Crippen LogP contribution is 2.28. The number of aliphatic hydroxyl groups excluding tert-OH is 1. The summed E-state index contributed by atoms with van der Waals surface area (Å²) in [4.78, 5) is 0. The number of rotatable bonds is 4. The molecule has 0 aromatic rings. The Bertz CT molecular complexity index is 172. The third-order valence-electron chi connectivity index (χ3n) is 2.88. The van der Waals surface area contributed by atoms with Crippen molar-refractivity contribution in [2.45, 2.75) is 58.5 Å². The van der Waals surface area contributed by atoms with Crippen LogP contribution in [0.3, 0.4) is 0 Å². The van der Waals surface area contributed by atoms with E-state index in [1.807, 2.05) is 6.08 Å². The Labute approximate surface area is 81.9 Å². The quantitative estimate of drug-likeness (QED) is 0.522. The molecular formula is C12H22O. The Hall–Kier alpha value is -0.300. The topological polar surface area (TPSA) is 20.2 Å². The summed E-state index contributed by atoms with van der Waals surface area (Å²) in [5, 5.41) is 9.53. The van der Waals surface area contributed by atoms with Gasteiger partial charge in [-0.1, -0.05) is 44.3 Å². The summed E-state index contributed by atoms with van der Waals surface area (Å²) >= 11 is 0. The van der Waals surface area contributed by atoms with Gasteiger partial charge in [0.05, 0.1) is 6.10 Å². The van der Waals surface area contributed by atoms with Crippen LogP contribution in [0.2, 0.25) is 0 Å². The van der Waals surface area contributed by atoms with Gasteiger partial charge in [-0.25, -0.2) is 0 Å². The van der Waals surface area contributed by atoms with Gasteiger partial charge in [0.1, 0.15) is 0 Å². The predicted molar refractivity (Wildman–Crippen MR) is 56.6 cm³/mol. The van der Waals surface area contributed by atoms with Gasteiger partial charge < -0.3 is 5.11 Å². The number of unbranched alkanes of at least 4 members (excludes halogenated alkanes) is 2. The van der Waals surface area contributed by atoms with Crippen molar-refractivity contribution in [3.8, 4) is 0 Å². The Morgan fingerprint density at radius 2 is 2.23 bits per heavy atom. The molecule has 0 radical (unpaired) electrons. The molecule has 1 N–H and O–H groups in total. The molecule has 1 aliphatic rings. The van der Waals surface area contributed by atoms with Gasteiger partial charge in [-0.2, -0.15) is 0 Å². The molecule has 1 nitrogen and oxygen atoms in total. The fraction of sp³-hybridized carbons (Fsp3) is 0.833. The minimum absolute atomic E-state index is 0.166. The summed E-state index contributed by atoms with van der Waals surface area (Å²) in [5.74, 6) is 0.742. The second-order valence-electron chi connectivity index (χ2n) is 4.38. The molecular weight excluding hydrogens is 160 g/mol. The Morgan fingerprint density at radius 3 is 2.85 bits per heavy atom. The molecule has 76 valence electrons. The van der Waals surface area contributed by atoms with Crippen LogP contribution in [-0.2, 0) is 0 Å². The van der Waals surface area contributed by atoms with Crippen molar-refractivity contribution in [2.24, 2.45) is 5.92 Å². The molecule has 0 saturated heterocycles. The highest BCUT2D eigenvalue weighted by atomic mass is 16.3. The molecule has 2 unspecified atom stereocenters. The van der Waals surface area contributed by atoms with E-state index in [4.69, 9.17) is 0 Å². The van der Waals surface area contributed by atoms with Gasteiger partial charge in [-0.3, -0.25) is 0 Å². The van der Waals surface area contributed by atoms with E-state index in [0.717, 1.165) is 12.3 Å². The van der Waals surface area contributed by atoms with Gasteiger partial charge >= 0.3 is 0 Å². The van der Waals surface area contributed by atoms with Crippen molar-refractivity contribution in [1.29, 1.82) is 0 Å². The van der Waals surface area contributed by atoms with Crippen molar-refractivity contribution in [2.75, 3.05) is 0 Å². The average Bonchev–Trinajstić information content (AvgIpc) is 2.03. The Morgan fingerprint density at radius 1 is 1.46 bits per heavy atom. The van der Waals surface area contributed by atoms with Crippen LogP contribution >= 0.6 is 0 Å². The summed E-state index contributed by atoms with van der Waals surface area (Å²) in [7, 11) is 0. The van der Waals surface area contributed by atoms with Crippen LogP contribution in [0.5, 0.6) is 0 Å². The van der Waals surface area contributed by atoms with Crippen molar-refractivity contribution in [1.82, 2.24) is 0 Å². The molecule has 13 heavy (non-hydrogen) atoms. The summed E-state index contributed by atoms with van der Waals surface area (Å²) in [6.45, 7) is 4.37. The number of hydrogen-bond donors (Lipinski definition) is 1. The lowest BCUT2D eigenvalue weighted by Gasteiger charge is -2.24. The molecule has 0 aliphatic heterocycles. The molecule has 0 saturated carbocycles. The normalized spacial score (nSPS) is 28.7. The summed E-state index contributed by atoms with van der Waals surface area (Å²) in [6, 6.07) is 0. The summed E-state index contributed by atoms with van der Waals surface area (Å²) in [5.41, 5.74) is 1.38. The van der Waals surface area contributed by atoms with E-state index in [1.54, 1.807) is 0 Å². The third kappa shape index (κ3) is 3.95. The lowest BCUT2D eigenvalue weighted by atomic mass is 9.84. The van der Waals surface area contributed by atoms with Gasteiger partial charge in [-0.05, 0) is 25.7 Å². The fourth-order valence-corrected chi connectivity index (χ4v) is 2.25. The standard InChI is InChI=1S/C12H22O/c1-3-4-5-6-11-7-10(2)8-12(13)9-11/h8,11-13H,3-7,9H2,1-2H3. The molecule has 0 aromatic heterocycles. The smallest absolute Gasteiger partial charge is 0.0726 e. The average molecular weight is 182 g/mol. The third-order valence-corrected chi connectivity index (χ3v) is 2.88. The summed E-state index contributed by atoms with van der Waals surface area (Å²) in [6.07, 6.45) is 9.31. The van der Waals surface area contributed by atoms with Crippen LogP contribution in [0.15, 0.2) is 11.6 Å². The maximum Gasteiger partial charge on any atom is 0.0726 e. The first kappa shape index (κ1) is 10.8. The zero-order valence-corrected chi connectivity index (χ0v) is 8.92. The Kier molecular flexibility index (Phi) is 4.51. The van der Waals surface area contributed by atoms with Crippen LogP contribution < -0.4 is 0 Å². The molecule has 0 amide bonds. The number of allylic oxidation sites excluding steroid dienone is 1. The second-order valence-corrected chi connectivity index (χ2v) is 4.38. The maximum absolute atomic E-state index is 9.53. The molecule has 1 rings (SSSR count). The van der Waals surface area contributed by atoms with E-state index in [2.05, 4.69) is 13.8 Å². The highest BCUT2D eigenvalue weighted by Gasteiger charge is 2.18. The van der Waals surface area contributed by atoms with E-state index < -0.39 is 0 Å². The lowest BCUT2D eigenvalue weighted by Crippen LogP contribution is -2.17. The zero-order chi connectivity index (χ0) is 9.68. The second kappa shape index (κ2) is 5.43. The molecule has 1 aliphatic carbocycles. The van der Waals surface area contributed by atoms with E-state index in [1.165, 1.54) is 37.7 Å². The van der Waals surface area contributed by atoms with E-state index in [0.29, 0.717) is 0 Å². The van der Waals surface area contributed by atoms with Crippen LogP contribution in [0.4, 0.5) is 0 Å². The highest BCUT2D eigenvalue weighted by molar-refractivity contribution is 5.07. The first-order valence-corrected chi connectivity index (χ1v) is 5.57. The largest absolute Gasteiger partial charge is 0.389 e. The minimum atomic E-state index is -0.166. The zero-order valence-electron chi connectivity index (χ0n) is 8.92. The molecule has 0 bridgehead atoms. The van der Waals surface area contributed by atoms with Crippen molar-refractivity contribution < 1.29 is 5.11 Å². The van der Waals surface area contributed by atoms with Gasteiger partial charge in [0.15, 0.2) is 0 Å². The first-order chi connectivity index (χ1) is 6.22. The minimum Gasteiger partial charge on any atom is -0.389 e. The van der Waals surface area contributed by atoms with Crippen LogP contribution in [0.25, 0.3) is 0 Å². The van der Waals surface area contributed by atoms with Crippen molar-refractivity contribution >= 4 is 0 Å². The van der Waals surface area contributed by atoms with E-state index in [-0.39, 0.29) is 6.10 Å². The van der Waals surface area contributed by atoms with E-state index in [9.17, 15) is 5.11 Å². The van der Waals surface area contributed by atoms with Gasteiger partial charge in [0.2, 0.25) is 0 Å². The van der Waals surface area contributed by atoms with Crippen LogP contribution in [-0.4, -0.2) is 11.2 Å². The first-order valence-electron chi connectivity index (χ1n) is 5.57. The predicted octanol–water partition coefficient (Wildman–Crippen LogP) is 3.28. The van der Waals surface area contributed by atoms with E-state index >= 15 is 0 Å². The number of aliphatic hydroxyl groups is 1. The molecule has 0 fully saturated rings. The van der Waals surface area contributed by atoms with Gasteiger partial charge in [-0.15, -0.1) is 0 Å². The van der Waals surface area contributed by atoms with Gasteiger partial charge in [0.25, 0.3) is 0 Å². The van der Waals surface area contributed by atoms with Gasteiger partial charge in [0, 0.05) is 0 Å². The maximum atomic E-state index is 9.53. The molecule has 1 heteroatoms. The number of hydrogen-bond acceptors (Lipinski definition) is 1. The molecule has 0 spiro atoms. The molecule has 0 aromatic carbocycles. The van der Waals surface area contributed by atoms with Crippen molar-refractivity contribution in [3.63, 3.8) is 0 Å². The summed E-state index contributed by atoms with van der Waals surface area (Å²) < 4.78 is 0. The van der Waals surface area contributed by atoms with Crippen LogP contribution in [0.1, 0.15) is 52.4 Å².